The molecule has 0 fully saturated rings. The van der Waals surface area contributed by atoms with Crippen LogP contribution < -0.4 is 0 Å². The number of aromatic nitrogens is 1. The van der Waals surface area contributed by atoms with Gasteiger partial charge in [0.1, 0.15) is 12.2 Å². The first-order valence-corrected chi connectivity index (χ1v) is 3.77. The van der Waals surface area contributed by atoms with Crippen LogP contribution in [0.3, 0.4) is 0 Å². The van der Waals surface area contributed by atoms with Crippen molar-refractivity contribution in [2.45, 2.75) is 13.0 Å². The van der Waals surface area contributed by atoms with E-state index < -0.39 is 6.10 Å². The monoisotopic (exact) mass is 172 g/mol. The Hall–Kier alpha value is -1.84. The van der Waals surface area contributed by atoms with Crippen LogP contribution >= 0.6 is 0 Å². The second-order valence-corrected chi connectivity index (χ2v) is 2.52. The van der Waals surface area contributed by atoms with Crippen molar-refractivity contribution in [3.05, 3.63) is 29.6 Å². The van der Waals surface area contributed by atoms with Crippen LogP contribution in [-0.2, 0) is 0 Å². The zero-order valence-electron chi connectivity index (χ0n) is 7.15. The summed E-state index contributed by atoms with van der Waals surface area (Å²) in [6.07, 6.45) is 2.36. The molecule has 1 aromatic rings. The first-order valence-electron chi connectivity index (χ1n) is 3.77. The Morgan fingerprint density at radius 2 is 2.15 bits per heavy atom. The maximum absolute atomic E-state index is 8.88. The molecule has 1 heterocycles. The van der Waals surface area contributed by atoms with Crippen molar-refractivity contribution in [1.82, 2.24) is 4.98 Å². The lowest BCUT2D eigenvalue weighted by atomic mass is 10.2. The van der Waals surface area contributed by atoms with E-state index in [0.717, 1.165) is 0 Å². The van der Waals surface area contributed by atoms with Crippen molar-refractivity contribution in [1.29, 1.82) is 5.26 Å². The summed E-state index contributed by atoms with van der Waals surface area (Å²) < 4.78 is 0. The zero-order chi connectivity index (χ0) is 9.68. The van der Waals surface area contributed by atoms with Crippen LogP contribution in [-0.4, -0.2) is 16.2 Å². The van der Waals surface area contributed by atoms with Crippen molar-refractivity contribution in [2.75, 3.05) is 0 Å². The van der Waals surface area contributed by atoms with Gasteiger partial charge >= 0.3 is 0 Å². The molecular weight excluding hydrogens is 164 g/mol. The van der Waals surface area contributed by atoms with Gasteiger partial charge in [-0.25, -0.2) is 0 Å². The summed E-state index contributed by atoms with van der Waals surface area (Å²) >= 11 is 0. The van der Waals surface area contributed by atoms with Gasteiger partial charge in [0.05, 0.1) is 5.56 Å². The third-order valence-electron chi connectivity index (χ3n) is 1.29. The molecule has 0 saturated carbocycles. The third kappa shape index (κ3) is 2.94. The smallest absolute Gasteiger partial charge is 0.112 e. The molecule has 3 nitrogen and oxygen atoms in total. The average Bonchev–Trinajstić information content (AvgIpc) is 2.15. The van der Waals surface area contributed by atoms with E-state index in [0.29, 0.717) is 11.1 Å². The molecule has 0 aliphatic rings. The maximum Gasteiger partial charge on any atom is 0.112 e. The van der Waals surface area contributed by atoms with E-state index in [1.807, 2.05) is 6.07 Å². The number of nitrogens with zero attached hydrogens (tertiary/aromatic N) is 2. The fourth-order valence-electron chi connectivity index (χ4n) is 0.757. The zero-order valence-corrected chi connectivity index (χ0v) is 7.15. The van der Waals surface area contributed by atoms with Crippen LogP contribution in [0.15, 0.2) is 18.5 Å². The molecule has 0 radical (unpaired) electrons. The van der Waals surface area contributed by atoms with Crippen LogP contribution in [0.4, 0.5) is 0 Å². The van der Waals surface area contributed by atoms with Gasteiger partial charge in [-0.3, -0.25) is 4.98 Å². The van der Waals surface area contributed by atoms with Crippen molar-refractivity contribution in [3.63, 3.8) is 0 Å². The van der Waals surface area contributed by atoms with E-state index in [1.165, 1.54) is 6.20 Å². The summed E-state index contributed by atoms with van der Waals surface area (Å²) in [7, 11) is 0. The first kappa shape index (κ1) is 9.25. The summed E-state index contributed by atoms with van der Waals surface area (Å²) in [5.41, 5.74) is 1.11. The Kier molecular flexibility index (Phi) is 3.03. The molecule has 13 heavy (non-hydrogen) atoms. The normalized spacial score (nSPS) is 10.8. The molecule has 1 unspecified atom stereocenters. The molecule has 0 bridgehead atoms. The number of hydrogen-bond acceptors (Lipinski definition) is 3. The second-order valence-electron chi connectivity index (χ2n) is 2.52. The summed E-state index contributed by atoms with van der Waals surface area (Å²) in [4.78, 5) is 3.83. The van der Waals surface area contributed by atoms with E-state index >= 15 is 0 Å². The van der Waals surface area contributed by atoms with Crippen LogP contribution in [0.25, 0.3) is 0 Å². The molecule has 0 aromatic carbocycles. The number of nitriles is 1. The third-order valence-corrected chi connectivity index (χ3v) is 1.29. The first-order chi connectivity index (χ1) is 6.22. The average molecular weight is 172 g/mol. The standard InChI is InChI=1S/C10H8N2O/c1-8(13)2-3-9-4-10(5-11)7-12-6-9/h4,6-8,13H,1H3. The van der Waals surface area contributed by atoms with Gasteiger partial charge in [0.25, 0.3) is 0 Å². The second kappa shape index (κ2) is 4.25. The lowest BCUT2D eigenvalue weighted by Gasteiger charge is -1.90. The van der Waals surface area contributed by atoms with E-state index in [2.05, 4.69) is 16.8 Å². The van der Waals surface area contributed by atoms with Crippen LogP contribution in [0.1, 0.15) is 18.1 Å². The summed E-state index contributed by atoms with van der Waals surface area (Å²) in [6, 6.07) is 3.59. The molecule has 0 amide bonds. The lowest BCUT2D eigenvalue weighted by Crippen LogP contribution is -1.93. The fourth-order valence-corrected chi connectivity index (χ4v) is 0.757. The minimum absolute atomic E-state index is 0.470. The molecule has 1 rings (SSSR count). The van der Waals surface area contributed by atoms with E-state index in [4.69, 9.17) is 10.4 Å². The van der Waals surface area contributed by atoms with Crippen LogP contribution in [0.2, 0.25) is 0 Å². The van der Waals surface area contributed by atoms with Gasteiger partial charge in [-0.2, -0.15) is 5.26 Å². The fraction of sp³-hybridized carbons (Fsp3) is 0.200. The van der Waals surface area contributed by atoms with Gasteiger partial charge < -0.3 is 5.11 Å². The number of rotatable bonds is 0. The Balaban J connectivity index is 2.93. The van der Waals surface area contributed by atoms with Crippen LogP contribution in [0, 0.1) is 23.2 Å². The van der Waals surface area contributed by atoms with Gasteiger partial charge in [0.15, 0.2) is 0 Å². The number of aliphatic hydroxyl groups is 1. The highest BCUT2D eigenvalue weighted by Gasteiger charge is 1.92. The lowest BCUT2D eigenvalue weighted by molar-refractivity contribution is 0.253. The molecule has 0 aliphatic carbocycles. The summed E-state index contributed by atoms with van der Waals surface area (Å²) in [5.74, 6) is 5.27. The minimum atomic E-state index is -0.661. The highest BCUT2D eigenvalue weighted by molar-refractivity contribution is 5.38. The van der Waals surface area contributed by atoms with Gasteiger partial charge in [0, 0.05) is 18.0 Å². The molecule has 0 spiro atoms. The minimum Gasteiger partial charge on any atom is -0.381 e. The largest absolute Gasteiger partial charge is 0.381 e. The quantitative estimate of drug-likeness (QED) is 0.585. The molecule has 64 valence electrons. The van der Waals surface area contributed by atoms with E-state index in [1.54, 1.807) is 19.2 Å². The van der Waals surface area contributed by atoms with E-state index in [9.17, 15) is 0 Å². The van der Waals surface area contributed by atoms with Gasteiger partial charge in [-0.05, 0) is 13.0 Å². The van der Waals surface area contributed by atoms with Crippen molar-refractivity contribution >= 4 is 0 Å². The summed E-state index contributed by atoms with van der Waals surface area (Å²) in [6.45, 7) is 1.58. The molecule has 1 aromatic heterocycles. The Morgan fingerprint density at radius 3 is 2.77 bits per heavy atom. The topological polar surface area (TPSA) is 56.9 Å². The highest BCUT2D eigenvalue weighted by Crippen LogP contribution is 1.99. The van der Waals surface area contributed by atoms with Gasteiger partial charge in [0.2, 0.25) is 0 Å². The Morgan fingerprint density at radius 1 is 1.46 bits per heavy atom. The van der Waals surface area contributed by atoms with Crippen molar-refractivity contribution in [3.8, 4) is 17.9 Å². The van der Waals surface area contributed by atoms with E-state index in [-0.39, 0.29) is 0 Å². The van der Waals surface area contributed by atoms with Crippen molar-refractivity contribution in [2.24, 2.45) is 0 Å². The Labute approximate surface area is 76.7 Å². The molecule has 3 heteroatoms. The van der Waals surface area contributed by atoms with Gasteiger partial charge in [-0.1, -0.05) is 11.8 Å². The van der Waals surface area contributed by atoms with Crippen LogP contribution in [0.5, 0.6) is 0 Å². The predicted octanol–water partition coefficient (Wildman–Crippen LogP) is 0.686. The number of pyridine rings is 1. The molecule has 0 saturated heterocycles. The SMILES string of the molecule is CC(O)C#Cc1cncc(C#N)c1. The predicted molar refractivity (Wildman–Crippen MR) is 47.5 cm³/mol. The number of hydrogen-bond donors (Lipinski definition) is 1. The van der Waals surface area contributed by atoms with Gasteiger partial charge in [-0.15, -0.1) is 0 Å². The highest BCUT2D eigenvalue weighted by atomic mass is 16.3. The van der Waals surface area contributed by atoms with Crippen molar-refractivity contribution < 1.29 is 5.11 Å². The summed E-state index contributed by atoms with van der Waals surface area (Å²) in [5, 5.41) is 17.4. The number of aliphatic hydroxyl groups excluding tert-OH is 1. The molecule has 0 aliphatic heterocycles. The maximum atomic E-state index is 8.88. The molecule has 1 atom stereocenters. The Bertz CT molecular complexity index is 393. The molecule has 1 N–H and O–H groups in total. The molecular formula is C10H8N2O.